The number of H-pyrrole nitrogens is 1. The van der Waals surface area contributed by atoms with Gasteiger partial charge in [0.1, 0.15) is 11.6 Å². The van der Waals surface area contributed by atoms with Crippen LogP contribution in [0.3, 0.4) is 0 Å². The fourth-order valence-electron chi connectivity index (χ4n) is 4.00. The van der Waals surface area contributed by atoms with Gasteiger partial charge in [0.25, 0.3) is 5.56 Å². The standard InChI is InChI=1S/C23H20Cl2N6O3/c1-12-8-19(30-6-2-3-7-30)27-18-5-4-14(11-15(12)18)34-20-16(24)9-13(10-17(20)25)31-23(33)28-22(32)21(26)29-31/h4-5,8-11H,2-3,6-7H2,1H3,(H2,26,29)(H,28,32,33). The second-order valence-electron chi connectivity index (χ2n) is 8.07. The summed E-state index contributed by atoms with van der Waals surface area (Å²) in [4.78, 5) is 32.8. The molecule has 2 aromatic carbocycles. The molecule has 4 aromatic rings. The lowest BCUT2D eigenvalue weighted by Crippen LogP contribution is -2.33. The third-order valence-corrected chi connectivity index (χ3v) is 6.27. The molecule has 0 unspecified atom stereocenters. The maximum atomic E-state index is 12.1. The molecular weight excluding hydrogens is 479 g/mol. The van der Waals surface area contributed by atoms with Crippen molar-refractivity contribution in [2.75, 3.05) is 23.7 Å². The molecule has 9 nitrogen and oxygen atoms in total. The number of aromatic nitrogens is 4. The number of ether oxygens (including phenoxy) is 1. The third kappa shape index (κ3) is 4.08. The van der Waals surface area contributed by atoms with E-state index in [9.17, 15) is 9.59 Å². The van der Waals surface area contributed by atoms with Gasteiger partial charge in [0.05, 0.1) is 21.2 Å². The Balaban J connectivity index is 1.48. The van der Waals surface area contributed by atoms with E-state index in [0.717, 1.165) is 40.1 Å². The largest absolute Gasteiger partial charge is 0.454 e. The van der Waals surface area contributed by atoms with E-state index in [4.69, 9.17) is 38.7 Å². The van der Waals surface area contributed by atoms with Gasteiger partial charge in [-0.25, -0.2) is 9.78 Å². The first-order chi connectivity index (χ1) is 16.3. The molecule has 0 amide bonds. The SMILES string of the molecule is Cc1cc(N2CCCC2)nc2ccc(Oc3c(Cl)cc(-n4nc(N)c(=O)[nH]c4=O)cc3Cl)cc12. The van der Waals surface area contributed by atoms with Gasteiger partial charge in [0.15, 0.2) is 5.75 Å². The van der Waals surface area contributed by atoms with Crippen LogP contribution in [-0.2, 0) is 0 Å². The van der Waals surface area contributed by atoms with Gasteiger partial charge in [0, 0.05) is 18.5 Å². The molecule has 0 spiro atoms. The van der Waals surface area contributed by atoms with E-state index in [1.807, 2.05) is 19.1 Å². The van der Waals surface area contributed by atoms with Gasteiger partial charge in [-0.05, 0) is 61.7 Å². The van der Waals surface area contributed by atoms with Crippen molar-refractivity contribution >= 4 is 45.7 Å². The number of hydrogen-bond acceptors (Lipinski definition) is 7. The molecule has 5 rings (SSSR count). The van der Waals surface area contributed by atoms with Gasteiger partial charge in [-0.1, -0.05) is 23.2 Å². The number of benzene rings is 2. The van der Waals surface area contributed by atoms with E-state index in [0.29, 0.717) is 5.75 Å². The van der Waals surface area contributed by atoms with Crippen molar-refractivity contribution in [2.24, 2.45) is 0 Å². The molecule has 0 aliphatic carbocycles. The smallest absolute Gasteiger partial charge is 0.349 e. The molecule has 0 bridgehead atoms. The number of hydrogen-bond donors (Lipinski definition) is 2. The van der Waals surface area contributed by atoms with Gasteiger partial charge in [-0.2, -0.15) is 4.68 Å². The fraction of sp³-hybridized carbons (Fsp3) is 0.217. The Morgan fingerprint density at radius 3 is 2.47 bits per heavy atom. The molecule has 1 aliphatic heterocycles. The molecule has 0 saturated carbocycles. The summed E-state index contributed by atoms with van der Waals surface area (Å²) in [7, 11) is 0. The molecule has 11 heteroatoms. The summed E-state index contributed by atoms with van der Waals surface area (Å²) in [5.41, 5.74) is 6.17. The molecule has 0 atom stereocenters. The first-order valence-electron chi connectivity index (χ1n) is 10.6. The van der Waals surface area contributed by atoms with Crippen molar-refractivity contribution in [3.8, 4) is 17.2 Å². The second kappa shape index (κ2) is 8.66. The number of halogens is 2. The lowest BCUT2D eigenvalue weighted by atomic mass is 10.1. The number of nitrogens with one attached hydrogen (secondary N) is 1. The maximum Gasteiger partial charge on any atom is 0.349 e. The van der Waals surface area contributed by atoms with Crippen molar-refractivity contribution in [2.45, 2.75) is 19.8 Å². The van der Waals surface area contributed by atoms with Crippen LogP contribution in [0.4, 0.5) is 11.6 Å². The Morgan fingerprint density at radius 1 is 1.06 bits per heavy atom. The molecule has 0 radical (unpaired) electrons. The van der Waals surface area contributed by atoms with Crippen molar-refractivity contribution in [1.29, 1.82) is 0 Å². The number of pyridine rings is 1. The molecular formula is C23H20Cl2N6O3. The molecule has 1 saturated heterocycles. The Labute approximate surface area is 203 Å². The quantitative estimate of drug-likeness (QED) is 0.435. The zero-order valence-electron chi connectivity index (χ0n) is 18.1. The second-order valence-corrected chi connectivity index (χ2v) is 8.88. The van der Waals surface area contributed by atoms with Crippen LogP contribution in [0.15, 0.2) is 46.0 Å². The topological polar surface area (TPSA) is 119 Å². The van der Waals surface area contributed by atoms with E-state index in [1.54, 1.807) is 6.07 Å². The number of aromatic amines is 1. The van der Waals surface area contributed by atoms with E-state index in [2.05, 4.69) is 21.0 Å². The average Bonchev–Trinajstić information content (AvgIpc) is 3.34. The van der Waals surface area contributed by atoms with Crippen LogP contribution in [0.5, 0.6) is 11.5 Å². The van der Waals surface area contributed by atoms with Gasteiger partial charge in [0.2, 0.25) is 5.82 Å². The Bertz CT molecular complexity index is 1520. The predicted octanol–water partition coefficient (Wildman–Crippen LogP) is 4.06. The van der Waals surface area contributed by atoms with E-state index in [1.165, 1.54) is 25.0 Å². The number of rotatable bonds is 4. The molecule has 3 heterocycles. The summed E-state index contributed by atoms with van der Waals surface area (Å²) in [5.74, 6) is 1.38. The van der Waals surface area contributed by atoms with Crippen LogP contribution >= 0.6 is 23.2 Å². The highest BCUT2D eigenvalue weighted by atomic mass is 35.5. The van der Waals surface area contributed by atoms with Crippen LogP contribution in [0.1, 0.15) is 18.4 Å². The summed E-state index contributed by atoms with van der Waals surface area (Å²) in [6, 6.07) is 10.6. The number of anilines is 2. The van der Waals surface area contributed by atoms with Gasteiger partial charge < -0.3 is 15.4 Å². The highest BCUT2D eigenvalue weighted by Crippen LogP contribution is 2.39. The number of aryl methyl sites for hydroxylation is 1. The third-order valence-electron chi connectivity index (χ3n) is 5.70. The minimum atomic E-state index is -0.772. The Hall–Kier alpha value is -3.56. The Kier molecular flexibility index (Phi) is 5.66. The summed E-state index contributed by atoms with van der Waals surface area (Å²) >= 11 is 12.9. The lowest BCUT2D eigenvalue weighted by molar-refractivity contribution is 0.483. The van der Waals surface area contributed by atoms with E-state index in [-0.39, 0.29) is 27.3 Å². The number of fused-ring (bicyclic) bond motifs is 1. The highest BCUT2D eigenvalue weighted by Gasteiger charge is 2.17. The predicted molar refractivity (Wildman–Crippen MR) is 133 cm³/mol. The van der Waals surface area contributed by atoms with Crippen LogP contribution in [0.2, 0.25) is 10.0 Å². The van der Waals surface area contributed by atoms with Crippen molar-refractivity contribution in [3.63, 3.8) is 0 Å². The molecule has 34 heavy (non-hydrogen) atoms. The molecule has 1 aliphatic rings. The van der Waals surface area contributed by atoms with Crippen molar-refractivity contribution in [1.82, 2.24) is 19.7 Å². The van der Waals surface area contributed by atoms with Gasteiger partial charge >= 0.3 is 5.69 Å². The summed E-state index contributed by atoms with van der Waals surface area (Å²) < 4.78 is 6.91. The maximum absolute atomic E-state index is 12.1. The molecule has 1 fully saturated rings. The van der Waals surface area contributed by atoms with E-state index >= 15 is 0 Å². The normalized spacial score (nSPS) is 13.6. The van der Waals surface area contributed by atoms with Crippen LogP contribution in [0, 0.1) is 6.92 Å². The van der Waals surface area contributed by atoms with Crippen molar-refractivity contribution < 1.29 is 4.74 Å². The average molecular weight is 499 g/mol. The van der Waals surface area contributed by atoms with Crippen molar-refractivity contribution in [3.05, 3.63) is 72.8 Å². The monoisotopic (exact) mass is 498 g/mol. The van der Waals surface area contributed by atoms with Gasteiger partial charge in [-0.15, -0.1) is 5.10 Å². The zero-order chi connectivity index (χ0) is 24.0. The molecule has 3 N–H and O–H groups in total. The number of nitrogen functional groups attached to an aromatic ring is 1. The van der Waals surface area contributed by atoms with Crippen LogP contribution in [-0.4, -0.2) is 32.8 Å². The molecule has 174 valence electrons. The van der Waals surface area contributed by atoms with Gasteiger partial charge in [-0.3, -0.25) is 9.78 Å². The van der Waals surface area contributed by atoms with Crippen LogP contribution < -0.4 is 26.6 Å². The summed E-state index contributed by atoms with van der Waals surface area (Å²) in [6.07, 6.45) is 2.37. The van der Waals surface area contributed by atoms with E-state index < -0.39 is 11.2 Å². The fourth-order valence-corrected chi connectivity index (χ4v) is 4.55. The number of nitrogens with zero attached hydrogens (tertiary/aromatic N) is 4. The first kappa shape index (κ1) is 22.2. The molecule has 2 aromatic heterocycles. The highest BCUT2D eigenvalue weighted by molar-refractivity contribution is 6.37. The van der Waals surface area contributed by atoms with Crippen LogP contribution in [0.25, 0.3) is 16.6 Å². The first-order valence-corrected chi connectivity index (χ1v) is 11.4. The Morgan fingerprint density at radius 2 is 1.76 bits per heavy atom. The zero-order valence-corrected chi connectivity index (χ0v) is 19.7. The summed E-state index contributed by atoms with van der Waals surface area (Å²) in [5, 5.41) is 5.06. The lowest BCUT2D eigenvalue weighted by Gasteiger charge is -2.18. The number of nitrogens with two attached hydrogens (primary N) is 1. The minimum Gasteiger partial charge on any atom is -0.454 e. The minimum absolute atomic E-state index is 0.153. The summed E-state index contributed by atoms with van der Waals surface area (Å²) in [6.45, 7) is 4.10.